The molecule has 0 aliphatic heterocycles. The van der Waals surface area contributed by atoms with Crippen LogP contribution in [0.3, 0.4) is 0 Å². The molecule has 1 N–H and O–H groups in total. The number of benzene rings is 2. The Kier molecular flexibility index (Phi) is 4.26. The average Bonchev–Trinajstić information content (AvgIpc) is 2.42. The maximum Gasteiger partial charge on any atom is 0.274 e. The highest BCUT2D eigenvalue weighted by Crippen LogP contribution is 2.30. The van der Waals surface area contributed by atoms with Gasteiger partial charge in [-0.05, 0) is 38.8 Å². The summed E-state index contributed by atoms with van der Waals surface area (Å²) < 4.78 is 0. The summed E-state index contributed by atoms with van der Waals surface area (Å²) in [5, 5.41) is 14.5. The summed E-state index contributed by atoms with van der Waals surface area (Å²) >= 11 is 0. The van der Waals surface area contributed by atoms with E-state index in [0.717, 1.165) is 16.8 Å². The molecule has 0 aromatic heterocycles. The third-order valence-electron chi connectivity index (χ3n) is 3.64. The van der Waals surface area contributed by atoms with Crippen molar-refractivity contribution in [3.8, 4) is 0 Å². The van der Waals surface area contributed by atoms with E-state index in [-0.39, 0.29) is 16.7 Å². The lowest BCUT2D eigenvalue weighted by atomic mass is 10.0. The van der Waals surface area contributed by atoms with Crippen molar-refractivity contribution in [1.82, 2.24) is 0 Å². The number of nitrogens with one attached hydrogen (secondary N) is 1. The summed E-state index contributed by atoms with van der Waals surface area (Å²) in [6.07, 6.45) is 0. The summed E-state index contributed by atoms with van der Waals surface area (Å²) in [7, 11) is 0. The third kappa shape index (κ3) is 3.21. The van der Waals surface area contributed by atoms with E-state index in [1.165, 1.54) is 5.56 Å². The van der Waals surface area contributed by atoms with Gasteiger partial charge in [-0.15, -0.1) is 0 Å². The largest absolute Gasteiger partial charge is 0.378 e. The van der Waals surface area contributed by atoms with Gasteiger partial charge in [-0.2, -0.15) is 0 Å². The molecule has 21 heavy (non-hydrogen) atoms. The Morgan fingerprint density at radius 3 is 2.24 bits per heavy atom. The standard InChI is InChI=1S/C17H20N2O2/c1-11-9-12(2)17(13(3)10-11)18-14(4)15-7-5-6-8-16(15)19(20)21/h5-10,14,18H,1-4H3. The highest BCUT2D eigenvalue weighted by atomic mass is 16.6. The third-order valence-corrected chi connectivity index (χ3v) is 3.64. The quantitative estimate of drug-likeness (QED) is 0.654. The molecule has 4 nitrogen and oxygen atoms in total. The molecule has 0 fully saturated rings. The lowest BCUT2D eigenvalue weighted by Crippen LogP contribution is -2.11. The average molecular weight is 284 g/mol. The second kappa shape index (κ2) is 5.95. The Morgan fingerprint density at radius 1 is 1.10 bits per heavy atom. The highest BCUT2D eigenvalue weighted by molar-refractivity contribution is 5.60. The number of nitro groups is 1. The fraction of sp³-hybridized carbons (Fsp3) is 0.294. The minimum Gasteiger partial charge on any atom is -0.378 e. The molecule has 0 heterocycles. The molecule has 1 atom stereocenters. The van der Waals surface area contributed by atoms with E-state index in [9.17, 15) is 10.1 Å². The summed E-state index contributed by atoms with van der Waals surface area (Å²) in [4.78, 5) is 10.8. The number of anilines is 1. The SMILES string of the molecule is Cc1cc(C)c(NC(C)c2ccccc2[N+](=O)[O-])c(C)c1. The van der Waals surface area contributed by atoms with Gasteiger partial charge in [0.15, 0.2) is 0 Å². The van der Waals surface area contributed by atoms with Gasteiger partial charge in [0.1, 0.15) is 0 Å². The van der Waals surface area contributed by atoms with E-state index in [1.54, 1.807) is 18.2 Å². The molecule has 0 radical (unpaired) electrons. The van der Waals surface area contributed by atoms with Crippen LogP contribution in [-0.4, -0.2) is 4.92 Å². The number of nitrogens with zero attached hydrogens (tertiary/aromatic N) is 1. The molecule has 1 unspecified atom stereocenters. The second-order valence-corrected chi connectivity index (χ2v) is 5.46. The van der Waals surface area contributed by atoms with Gasteiger partial charge < -0.3 is 5.32 Å². The van der Waals surface area contributed by atoms with Gasteiger partial charge in [0.05, 0.1) is 16.5 Å². The van der Waals surface area contributed by atoms with Crippen molar-refractivity contribution in [3.05, 3.63) is 68.8 Å². The van der Waals surface area contributed by atoms with Crippen LogP contribution in [0.2, 0.25) is 0 Å². The molecular formula is C17H20N2O2. The maximum atomic E-state index is 11.1. The molecule has 2 aromatic carbocycles. The van der Waals surface area contributed by atoms with Gasteiger partial charge >= 0.3 is 0 Å². The molecule has 2 rings (SSSR count). The maximum absolute atomic E-state index is 11.1. The van der Waals surface area contributed by atoms with Gasteiger partial charge in [-0.1, -0.05) is 35.9 Å². The predicted molar refractivity (Wildman–Crippen MR) is 85.8 cm³/mol. The van der Waals surface area contributed by atoms with Crippen LogP contribution in [-0.2, 0) is 0 Å². The van der Waals surface area contributed by atoms with E-state index in [1.807, 2.05) is 13.0 Å². The van der Waals surface area contributed by atoms with Crippen LogP contribution >= 0.6 is 0 Å². The van der Waals surface area contributed by atoms with E-state index in [0.29, 0.717) is 5.56 Å². The fourth-order valence-electron chi connectivity index (χ4n) is 2.72. The Morgan fingerprint density at radius 2 is 1.67 bits per heavy atom. The molecule has 0 amide bonds. The normalized spacial score (nSPS) is 12.0. The van der Waals surface area contributed by atoms with E-state index in [2.05, 4.69) is 38.2 Å². The number of hydrogen-bond acceptors (Lipinski definition) is 3. The van der Waals surface area contributed by atoms with Crippen LogP contribution in [0.4, 0.5) is 11.4 Å². The monoisotopic (exact) mass is 284 g/mol. The van der Waals surface area contributed by atoms with Crippen LogP contribution in [0.15, 0.2) is 36.4 Å². The smallest absolute Gasteiger partial charge is 0.274 e. The van der Waals surface area contributed by atoms with Crippen molar-refractivity contribution in [2.24, 2.45) is 0 Å². The van der Waals surface area contributed by atoms with E-state index >= 15 is 0 Å². The topological polar surface area (TPSA) is 55.2 Å². The molecular weight excluding hydrogens is 264 g/mol. The van der Waals surface area contributed by atoms with Crippen LogP contribution < -0.4 is 5.32 Å². The minimum atomic E-state index is -0.331. The van der Waals surface area contributed by atoms with Gasteiger partial charge in [-0.25, -0.2) is 0 Å². The molecule has 0 spiro atoms. The highest BCUT2D eigenvalue weighted by Gasteiger charge is 2.19. The Hall–Kier alpha value is -2.36. The summed E-state index contributed by atoms with van der Waals surface area (Å²) in [6.45, 7) is 8.11. The summed E-state index contributed by atoms with van der Waals surface area (Å²) in [5.74, 6) is 0. The fourth-order valence-corrected chi connectivity index (χ4v) is 2.72. The van der Waals surface area contributed by atoms with Crippen LogP contribution in [0.5, 0.6) is 0 Å². The van der Waals surface area contributed by atoms with E-state index in [4.69, 9.17) is 0 Å². The Balaban J connectivity index is 2.35. The molecule has 2 aromatic rings. The van der Waals surface area contributed by atoms with Crippen LogP contribution in [0, 0.1) is 30.9 Å². The summed E-state index contributed by atoms with van der Waals surface area (Å²) in [5.41, 5.74) is 5.41. The Bertz CT molecular complexity index is 657. The first kappa shape index (κ1) is 15.0. The van der Waals surface area contributed by atoms with Gasteiger partial charge in [0.25, 0.3) is 5.69 Å². The van der Waals surface area contributed by atoms with Crippen LogP contribution in [0.1, 0.15) is 35.2 Å². The second-order valence-electron chi connectivity index (χ2n) is 5.46. The van der Waals surface area contributed by atoms with Crippen LogP contribution in [0.25, 0.3) is 0 Å². The first-order valence-corrected chi connectivity index (χ1v) is 6.98. The van der Waals surface area contributed by atoms with Gasteiger partial charge in [0.2, 0.25) is 0 Å². The summed E-state index contributed by atoms with van der Waals surface area (Å²) in [6, 6.07) is 11.0. The minimum absolute atomic E-state index is 0.133. The zero-order valence-electron chi connectivity index (χ0n) is 12.8. The molecule has 110 valence electrons. The molecule has 0 saturated heterocycles. The van der Waals surface area contributed by atoms with Crippen molar-refractivity contribution in [2.75, 3.05) is 5.32 Å². The Labute approximate surface area is 125 Å². The lowest BCUT2D eigenvalue weighted by molar-refractivity contribution is -0.385. The number of nitro benzene ring substituents is 1. The number of hydrogen-bond donors (Lipinski definition) is 1. The number of rotatable bonds is 4. The van der Waals surface area contributed by atoms with Gasteiger partial charge in [-0.3, -0.25) is 10.1 Å². The van der Waals surface area contributed by atoms with Crippen molar-refractivity contribution in [1.29, 1.82) is 0 Å². The molecule has 4 heteroatoms. The van der Waals surface area contributed by atoms with Crippen molar-refractivity contribution in [3.63, 3.8) is 0 Å². The molecule has 0 aliphatic carbocycles. The first-order chi connectivity index (χ1) is 9.90. The zero-order chi connectivity index (χ0) is 15.6. The van der Waals surface area contributed by atoms with E-state index < -0.39 is 0 Å². The molecule has 0 bridgehead atoms. The molecule has 0 saturated carbocycles. The van der Waals surface area contributed by atoms with Gasteiger partial charge in [0, 0.05) is 11.8 Å². The first-order valence-electron chi connectivity index (χ1n) is 6.98. The van der Waals surface area contributed by atoms with Crippen molar-refractivity contribution in [2.45, 2.75) is 33.7 Å². The lowest BCUT2D eigenvalue weighted by Gasteiger charge is -2.20. The number of aryl methyl sites for hydroxylation is 3. The zero-order valence-corrected chi connectivity index (χ0v) is 12.8. The van der Waals surface area contributed by atoms with Crippen molar-refractivity contribution < 1.29 is 4.92 Å². The van der Waals surface area contributed by atoms with Crippen molar-refractivity contribution >= 4 is 11.4 Å². The number of para-hydroxylation sites is 1. The molecule has 0 aliphatic rings. The predicted octanol–water partition coefficient (Wildman–Crippen LogP) is 4.69.